The Kier molecular flexibility index (Phi) is 5.60. The molecule has 1 aliphatic rings. The van der Waals surface area contributed by atoms with Crippen molar-refractivity contribution in [1.29, 1.82) is 0 Å². The standard InChI is InChI=1S/C16H22N2O3/c19-15(20)14(11-13-5-2-1-3-6-13)18-16(21)17-10-4-7-12-8-9-12/h1-3,5-6,12,14H,4,7-11H2,(H,19,20)(H2,17,18,21)/t14-/m0/s1. The Morgan fingerprint density at radius 1 is 1.24 bits per heavy atom. The molecule has 1 saturated carbocycles. The van der Waals surface area contributed by atoms with E-state index in [2.05, 4.69) is 10.6 Å². The lowest BCUT2D eigenvalue weighted by Gasteiger charge is -2.15. The van der Waals surface area contributed by atoms with E-state index in [9.17, 15) is 14.7 Å². The van der Waals surface area contributed by atoms with E-state index in [1.807, 2.05) is 30.3 Å². The lowest BCUT2D eigenvalue weighted by atomic mass is 10.1. The fourth-order valence-electron chi connectivity index (χ4n) is 2.26. The van der Waals surface area contributed by atoms with E-state index in [0.717, 1.165) is 24.3 Å². The molecule has 0 aromatic heterocycles. The minimum atomic E-state index is -1.02. The third kappa shape index (κ3) is 5.85. The summed E-state index contributed by atoms with van der Waals surface area (Å²) >= 11 is 0. The molecule has 0 aliphatic heterocycles. The van der Waals surface area contributed by atoms with Gasteiger partial charge in [0.1, 0.15) is 6.04 Å². The van der Waals surface area contributed by atoms with Crippen LogP contribution in [0, 0.1) is 5.92 Å². The van der Waals surface area contributed by atoms with Gasteiger partial charge in [-0.05, 0) is 24.3 Å². The lowest BCUT2D eigenvalue weighted by Crippen LogP contribution is -2.47. The van der Waals surface area contributed by atoms with Crippen molar-refractivity contribution in [3.05, 3.63) is 35.9 Å². The normalized spacial score (nSPS) is 15.2. The van der Waals surface area contributed by atoms with Gasteiger partial charge in [0.25, 0.3) is 0 Å². The Hall–Kier alpha value is -2.04. The van der Waals surface area contributed by atoms with Crippen molar-refractivity contribution in [3.8, 4) is 0 Å². The van der Waals surface area contributed by atoms with Crippen LogP contribution in [0.3, 0.4) is 0 Å². The van der Waals surface area contributed by atoms with Gasteiger partial charge >= 0.3 is 12.0 Å². The number of carbonyl (C=O) groups is 2. The number of nitrogens with one attached hydrogen (secondary N) is 2. The first kappa shape index (κ1) is 15.4. The number of aliphatic carboxylic acids is 1. The van der Waals surface area contributed by atoms with Gasteiger partial charge < -0.3 is 15.7 Å². The molecule has 5 heteroatoms. The van der Waals surface area contributed by atoms with Gasteiger partial charge in [0.2, 0.25) is 0 Å². The first-order valence-electron chi connectivity index (χ1n) is 7.46. The van der Waals surface area contributed by atoms with Gasteiger partial charge in [-0.3, -0.25) is 0 Å². The number of rotatable bonds is 8. The van der Waals surface area contributed by atoms with Crippen LogP contribution in [0.4, 0.5) is 4.79 Å². The molecule has 0 spiro atoms. The number of hydrogen-bond donors (Lipinski definition) is 3. The second-order valence-electron chi connectivity index (χ2n) is 5.57. The quantitative estimate of drug-likeness (QED) is 0.642. The van der Waals surface area contributed by atoms with Gasteiger partial charge in [-0.25, -0.2) is 9.59 Å². The van der Waals surface area contributed by atoms with Gasteiger partial charge in [-0.15, -0.1) is 0 Å². The van der Waals surface area contributed by atoms with Gasteiger partial charge in [-0.2, -0.15) is 0 Å². The SMILES string of the molecule is O=C(NCCCC1CC1)N[C@@H](Cc1ccccc1)C(=O)O. The highest BCUT2D eigenvalue weighted by atomic mass is 16.4. The summed E-state index contributed by atoms with van der Waals surface area (Å²) in [5.74, 6) is -0.174. The summed E-state index contributed by atoms with van der Waals surface area (Å²) in [6, 6.07) is 7.97. The summed E-state index contributed by atoms with van der Waals surface area (Å²) in [5, 5.41) is 14.4. The van der Waals surface area contributed by atoms with Crippen molar-refractivity contribution >= 4 is 12.0 Å². The third-order valence-electron chi connectivity index (χ3n) is 3.66. The van der Waals surface area contributed by atoms with Gasteiger partial charge in [0, 0.05) is 13.0 Å². The molecule has 1 aromatic carbocycles. The van der Waals surface area contributed by atoms with E-state index in [0.29, 0.717) is 6.54 Å². The van der Waals surface area contributed by atoms with E-state index in [1.165, 1.54) is 12.8 Å². The highest BCUT2D eigenvalue weighted by Crippen LogP contribution is 2.33. The predicted molar refractivity (Wildman–Crippen MR) is 80.1 cm³/mol. The first-order chi connectivity index (χ1) is 10.1. The average Bonchev–Trinajstić information content (AvgIpc) is 3.28. The summed E-state index contributed by atoms with van der Waals surface area (Å²) in [5.41, 5.74) is 0.888. The van der Waals surface area contributed by atoms with Crippen LogP contribution in [0.25, 0.3) is 0 Å². The molecule has 3 N–H and O–H groups in total. The van der Waals surface area contributed by atoms with Crippen molar-refractivity contribution < 1.29 is 14.7 Å². The summed E-state index contributed by atoms with van der Waals surface area (Å²) in [4.78, 5) is 22.9. The van der Waals surface area contributed by atoms with Gasteiger partial charge in [0.15, 0.2) is 0 Å². The monoisotopic (exact) mass is 290 g/mol. The molecule has 0 bridgehead atoms. The molecule has 1 atom stereocenters. The second kappa shape index (κ2) is 7.67. The molecule has 21 heavy (non-hydrogen) atoms. The Bertz CT molecular complexity index is 472. The van der Waals surface area contributed by atoms with Crippen LogP contribution >= 0.6 is 0 Å². The van der Waals surface area contributed by atoms with E-state index in [1.54, 1.807) is 0 Å². The fourth-order valence-corrected chi connectivity index (χ4v) is 2.26. The van der Waals surface area contributed by atoms with Crippen LogP contribution in [0.1, 0.15) is 31.2 Å². The summed E-state index contributed by atoms with van der Waals surface area (Å²) in [6.07, 6.45) is 5.00. The predicted octanol–water partition coefficient (Wildman–Crippen LogP) is 2.17. The van der Waals surface area contributed by atoms with E-state index in [4.69, 9.17) is 0 Å². The van der Waals surface area contributed by atoms with Crippen LogP contribution in [0.15, 0.2) is 30.3 Å². The van der Waals surface area contributed by atoms with Crippen LogP contribution in [0.5, 0.6) is 0 Å². The smallest absolute Gasteiger partial charge is 0.326 e. The van der Waals surface area contributed by atoms with Gasteiger partial charge in [0.05, 0.1) is 0 Å². The maximum Gasteiger partial charge on any atom is 0.326 e. The minimum absolute atomic E-state index is 0.283. The second-order valence-corrected chi connectivity index (χ2v) is 5.57. The molecule has 1 aliphatic carbocycles. The number of carboxylic acids is 1. The van der Waals surface area contributed by atoms with Crippen molar-refractivity contribution in [1.82, 2.24) is 10.6 Å². The molecule has 1 fully saturated rings. The molecule has 2 amide bonds. The number of carbonyl (C=O) groups excluding carboxylic acids is 1. The topological polar surface area (TPSA) is 78.4 Å². The van der Waals surface area contributed by atoms with Crippen LogP contribution in [0.2, 0.25) is 0 Å². The highest BCUT2D eigenvalue weighted by Gasteiger charge is 2.21. The molecule has 0 radical (unpaired) electrons. The highest BCUT2D eigenvalue weighted by molar-refractivity contribution is 5.82. The molecule has 2 rings (SSSR count). The van der Waals surface area contributed by atoms with Crippen molar-refractivity contribution in [2.45, 2.75) is 38.1 Å². The molecule has 0 heterocycles. The molecule has 5 nitrogen and oxygen atoms in total. The zero-order valence-electron chi connectivity index (χ0n) is 12.0. The maximum absolute atomic E-state index is 11.7. The fraction of sp³-hybridized carbons (Fsp3) is 0.500. The van der Waals surface area contributed by atoms with Crippen molar-refractivity contribution in [3.63, 3.8) is 0 Å². The number of amides is 2. The van der Waals surface area contributed by atoms with E-state index >= 15 is 0 Å². The molecular formula is C16H22N2O3. The van der Waals surface area contributed by atoms with Crippen LogP contribution in [-0.4, -0.2) is 29.7 Å². The number of benzene rings is 1. The largest absolute Gasteiger partial charge is 0.480 e. The first-order valence-corrected chi connectivity index (χ1v) is 7.46. The molecule has 0 unspecified atom stereocenters. The zero-order chi connectivity index (χ0) is 15.1. The Morgan fingerprint density at radius 2 is 1.95 bits per heavy atom. The van der Waals surface area contributed by atoms with E-state index < -0.39 is 18.0 Å². The average molecular weight is 290 g/mol. The molecular weight excluding hydrogens is 268 g/mol. The van der Waals surface area contributed by atoms with Crippen molar-refractivity contribution in [2.75, 3.05) is 6.54 Å². The number of urea groups is 1. The lowest BCUT2D eigenvalue weighted by molar-refractivity contribution is -0.139. The van der Waals surface area contributed by atoms with E-state index in [-0.39, 0.29) is 6.42 Å². The maximum atomic E-state index is 11.7. The summed E-state index contributed by atoms with van der Waals surface area (Å²) < 4.78 is 0. The Morgan fingerprint density at radius 3 is 2.57 bits per heavy atom. The summed E-state index contributed by atoms with van der Waals surface area (Å²) in [7, 11) is 0. The minimum Gasteiger partial charge on any atom is -0.480 e. The third-order valence-corrected chi connectivity index (χ3v) is 3.66. The zero-order valence-corrected chi connectivity index (χ0v) is 12.0. The van der Waals surface area contributed by atoms with Crippen LogP contribution < -0.4 is 10.6 Å². The molecule has 0 saturated heterocycles. The number of carboxylic acid groups (broad SMARTS) is 1. The molecule has 114 valence electrons. The van der Waals surface area contributed by atoms with Crippen LogP contribution in [-0.2, 0) is 11.2 Å². The Labute approximate surface area is 124 Å². The van der Waals surface area contributed by atoms with Gasteiger partial charge in [-0.1, -0.05) is 43.2 Å². The number of hydrogen-bond acceptors (Lipinski definition) is 2. The van der Waals surface area contributed by atoms with Crippen molar-refractivity contribution in [2.24, 2.45) is 5.92 Å². The molecule has 1 aromatic rings. The Balaban J connectivity index is 1.73. The summed E-state index contributed by atoms with van der Waals surface area (Å²) in [6.45, 7) is 0.597.